The van der Waals surface area contributed by atoms with Crippen molar-refractivity contribution in [3.05, 3.63) is 12.2 Å². The van der Waals surface area contributed by atoms with E-state index in [1.165, 1.54) is 0 Å². The Labute approximate surface area is 136 Å². The van der Waals surface area contributed by atoms with Crippen molar-refractivity contribution in [3.63, 3.8) is 0 Å². The molecule has 1 amide bonds. The molecule has 23 heavy (non-hydrogen) atoms. The summed E-state index contributed by atoms with van der Waals surface area (Å²) in [5.41, 5.74) is 0. The van der Waals surface area contributed by atoms with Crippen molar-refractivity contribution < 1.29 is 34.2 Å². The minimum absolute atomic E-state index is 0.00765. The second-order valence-corrected chi connectivity index (χ2v) is 5.38. The quantitative estimate of drug-likeness (QED) is 0.274. The van der Waals surface area contributed by atoms with E-state index in [9.17, 15) is 14.4 Å². The average molecular weight is 331 g/mol. The molecule has 0 atom stereocenters. The molecule has 0 saturated carbocycles. The summed E-state index contributed by atoms with van der Waals surface area (Å²) < 4.78 is -0.308. The van der Waals surface area contributed by atoms with Crippen LogP contribution in [0.2, 0.25) is 0 Å². The predicted octanol–water partition coefficient (Wildman–Crippen LogP) is -0.173. The first-order chi connectivity index (χ1) is 10.8. The van der Waals surface area contributed by atoms with Crippen LogP contribution in [0.3, 0.4) is 0 Å². The number of aliphatic hydroxyl groups is 1. The zero-order chi connectivity index (χ0) is 17.7. The molecule has 0 aliphatic heterocycles. The summed E-state index contributed by atoms with van der Waals surface area (Å²) in [4.78, 5) is 33.6. The fourth-order valence-electron chi connectivity index (χ4n) is 2.29. The molecular weight excluding hydrogens is 304 g/mol. The van der Waals surface area contributed by atoms with Crippen molar-refractivity contribution in [2.24, 2.45) is 0 Å². The van der Waals surface area contributed by atoms with Crippen molar-refractivity contribution in [2.75, 3.05) is 39.3 Å². The summed E-state index contributed by atoms with van der Waals surface area (Å²) in [6.45, 7) is 1.15. The molecule has 0 rings (SSSR count). The summed E-state index contributed by atoms with van der Waals surface area (Å²) in [7, 11) is 0. The second-order valence-electron chi connectivity index (χ2n) is 5.38. The van der Waals surface area contributed by atoms with E-state index in [-0.39, 0.29) is 36.6 Å². The number of carboxylic acids is 2. The fraction of sp³-hybridized carbons (Fsp3) is 0.667. The van der Waals surface area contributed by atoms with Crippen molar-refractivity contribution in [2.45, 2.75) is 26.2 Å². The van der Waals surface area contributed by atoms with Crippen molar-refractivity contribution in [1.82, 2.24) is 5.32 Å². The molecule has 0 unspecified atom stereocenters. The third kappa shape index (κ3) is 10.4. The first-order valence-corrected chi connectivity index (χ1v) is 7.66. The Kier molecular flexibility index (Phi) is 10.6. The van der Waals surface area contributed by atoms with Gasteiger partial charge in [-0.3, -0.25) is 4.79 Å². The third-order valence-electron chi connectivity index (χ3n) is 3.36. The maximum Gasteiger partial charge on any atom is 0.359 e. The molecule has 4 N–H and O–H groups in total. The molecule has 0 bridgehead atoms. The molecule has 132 valence electrons. The van der Waals surface area contributed by atoms with Crippen LogP contribution in [-0.4, -0.2) is 77.0 Å². The number of aliphatic carboxylic acids is 2. The van der Waals surface area contributed by atoms with Gasteiger partial charge in [0.1, 0.15) is 6.54 Å². The third-order valence-corrected chi connectivity index (χ3v) is 3.36. The highest BCUT2D eigenvalue weighted by Gasteiger charge is 2.32. The normalized spacial score (nSPS) is 11.6. The highest BCUT2D eigenvalue weighted by Crippen LogP contribution is 2.06. The Morgan fingerprint density at radius 3 is 2.13 bits per heavy atom. The van der Waals surface area contributed by atoms with Gasteiger partial charge < -0.3 is 25.1 Å². The lowest BCUT2D eigenvalue weighted by Gasteiger charge is -2.35. The Hall–Kier alpha value is -1.93. The molecule has 0 fully saturated rings. The predicted molar refractivity (Wildman–Crippen MR) is 83.8 cm³/mol. The lowest BCUT2D eigenvalue weighted by atomic mass is 10.2. The van der Waals surface area contributed by atoms with E-state index in [1.807, 2.05) is 19.1 Å². The van der Waals surface area contributed by atoms with E-state index in [0.717, 1.165) is 6.42 Å². The molecule has 0 saturated heterocycles. The summed E-state index contributed by atoms with van der Waals surface area (Å²) in [5, 5.41) is 29.7. The Morgan fingerprint density at radius 2 is 1.65 bits per heavy atom. The van der Waals surface area contributed by atoms with Gasteiger partial charge in [-0.05, 0) is 12.8 Å². The second kappa shape index (κ2) is 11.6. The SMILES string of the molecule is CC/C=C/CCC(=O)NCC[N+](CCO)(CC(=O)O)CC(=O)O. The fourth-order valence-corrected chi connectivity index (χ4v) is 2.29. The zero-order valence-electron chi connectivity index (χ0n) is 13.5. The van der Waals surface area contributed by atoms with Crippen LogP contribution in [0.1, 0.15) is 26.2 Å². The average Bonchev–Trinajstić information content (AvgIpc) is 2.42. The van der Waals surface area contributed by atoms with E-state index >= 15 is 0 Å². The monoisotopic (exact) mass is 331 g/mol. The van der Waals surface area contributed by atoms with Crippen molar-refractivity contribution >= 4 is 17.8 Å². The number of hydrogen-bond donors (Lipinski definition) is 4. The summed E-state index contributed by atoms with van der Waals surface area (Å²) >= 11 is 0. The van der Waals surface area contributed by atoms with E-state index in [0.29, 0.717) is 12.8 Å². The summed E-state index contributed by atoms with van der Waals surface area (Å²) in [6.07, 6.45) is 5.75. The molecule has 8 heteroatoms. The minimum Gasteiger partial charge on any atom is -0.477 e. The van der Waals surface area contributed by atoms with Gasteiger partial charge in [-0.1, -0.05) is 19.1 Å². The van der Waals surface area contributed by atoms with Crippen LogP contribution >= 0.6 is 0 Å². The molecule has 8 nitrogen and oxygen atoms in total. The van der Waals surface area contributed by atoms with Gasteiger partial charge in [-0.2, -0.15) is 0 Å². The molecular formula is C15H27N2O6+. The van der Waals surface area contributed by atoms with Gasteiger partial charge in [0.05, 0.1) is 19.7 Å². The van der Waals surface area contributed by atoms with Crippen molar-refractivity contribution in [3.8, 4) is 0 Å². The number of hydrogen-bond acceptors (Lipinski definition) is 4. The number of rotatable bonds is 13. The van der Waals surface area contributed by atoms with Gasteiger partial charge in [-0.25, -0.2) is 9.59 Å². The number of carbonyl (C=O) groups excluding carboxylic acids is 1. The maximum absolute atomic E-state index is 11.7. The van der Waals surface area contributed by atoms with Crippen LogP contribution in [0.4, 0.5) is 0 Å². The number of amides is 1. The van der Waals surface area contributed by atoms with Crippen LogP contribution in [-0.2, 0) is 14.4 Å². The molecule has 0 radical (unpaired) electrons. The van der Waals surface area contributed by atoms with Gasteiger partial charge in [0, 0.05) is 6.42 Å². The molecule has 0 aliphatic carbocycles. The number of allylic oxidation sites excluding steroid dienone is 2. The molecule has 0 aromatic carbocycles. The van der Waals surface area contributed by atoms with Gasteiger partial charge in [0.15, 0.2) is 13.1 Å². The van der Waals surface area contributed by atoms with E-state index in [1.54, 1.807) is 0 Å². The summed E-state index contributed by atoms with van der Waals surface area (Å²) in [6, 6.07) is 0. The highest BCUT2D eigenvalue weighted by atomic mass is 16.4. The zero-order valence-corrected chi connectivity index (χ0v) is 13.5. The van der Waals surface area contributed by atoms with Crippen LogP contribution < -0.4 is 5.32 Å². The Morgan fingerprint density at radius 1 is 1.04 bits per heavy atom. The van der Waals surface area contributed by atoms with Gasteiger partial charge >= 0.3 is 11.9 Å². The number of quaternary nitrogens is 1. The molecule has 0 aromatic heterocycles. The van der Waals surface area contributed by atoms with E-state index in [2.05, 4.69) is 5.32 Å². The molecule has 0 heterocycles. The Bertz CT molecular complexity index is 406. The van der Waals surface area contributed by atoms with Crippen LogP contribution in [0, 0.1) is 0 Å². The lowest BCUT2D eigenvalue weighted by molar-refractivity contribution is -0.913. The number of carboxylic acid groups (broad SMARTS) is 2. The minimum atomic E-state index is -1.14. The van der Waals surface area contributed by atoms with Crippen molar-refractivity contribution in [1.29, 1.82) is 0 Å². The molecule has 0 aromatic rings. The van der Waals surface area contributed by atoms with E-state index < -0.39 is 25.0 Å². The van der Waals surface area contributed by atoms with Crippen LogP contribution in [0.15, 0.2) is 12.2 Å². The highest BCUT2D eigenvalue weighted by molar-refractivity contribution is 5.76. The number of aliphatic hydroxyl groups excluding tert-OH is 1. The standard InChI is InChI=1S/C15H26N2O6/c1-2-3-4-5-6-13(19)16-7-8-17(9-10-18,11-14(20)21)12-15(22)23/h3-4,18H,2,5-12H2,1H3,(H2-,16,19,20,21,22,23)/p+1/b4-3+. The summed E-state index contributed by atoms with van der Waals surface area (Å²) in [5.74, 6) is -2.45. The van der Waals surface area contributed by atoms with E-state index in [4.69, 9.17) is 15.3 Å². The smallest absolute Gasteiger partial charge is 0.359 e. The molecule has 0 spiro atoms. The first kappa shape index (κ1) is 21.1. The van der Waals surface area contributed by atoms with Gasteiger partial charge in [-0.15, -0.1) is 0 Å². The van der Waals surface area contributed by atoms with Crippen LogP contribution in [0.5, 0.6) is 0 Å². The van der Waals surface area contributed by atoms with Gasteiger partial charge in [0.2, 0.25) is 5.91 Å². The number of nitrogens with one attached hydrogen (secondary N) is 1. The lowest BCUT2D eigenvalue weighted by Crippen LogP contribution is -2.58. The molecule has 0 aliphatic rings. The van der Waals surface area contributed by atoms with Crippen LogP contribution in [0.25, 0.3) is 0 Å². The maximum atomic E-state index is 11.7. The first-order valence-electron chi connectivity index (χ1n) is 7.66. The van der Waals surface area contributed by atoms with Gasteiger partial charge in [0.25, 0.3) is 0 Å². The topological polar surface area (TPSA) is 124 Å². The largest absolute Gasteiger partial charge is 0.477 e. The number of carbonyl (C=O) groups is 3. The number of nitrogens with zero attached hydrogens (tertiary/aromatic N) is 1. The Balaban J connectivity index is 4.52.